The minimum atomic E-state index is -1.07. The van der Waals surface area contributed by atoms with Gasteiger partial charge in [0.15, 0.2) is 0 Å². The van der Waals surface area contributed by atoms with E-state index in [1.807, 2.05) is 78.9 Å². The molecule has 1 N–H and O–H groups in total. The predicted molar refractivity (Wildman–Crippen MR) is 128 cm³/mol. The Hall–Kier alpha value is -4.06. The van der Waals surface area contributed by atoms with Gasteiger partial charge in [-0.2, -0.15) is 0 Å². The van der Waals surface area contributed by atoms with Crippen LogP contribution < -0.4 is 0 Å². The maximum atomic E-state index is 13.0. The molecule has 6 nitrogen and oxygen atoms in total. The molecule has 1 aliphatic heterocycles. The summed E-state index contributed by atoms with van der Waals surface area (Å²) in [7, 11) is 0. The molecule has 5 rings (SSSR count). The Morgan fingerprint density at radius 2 is 1.56 bits per heavy atom. The Morgan fingerprint density at radius 1 is 0.912 bits per heavy atom. The maximum absolute atomic E-state index is 13.0. The number of hydrogen-bond acceptors (Lipinski definition) is 4. The Labute approximate surface area is 198 Å². The maximum Gasteiger partial charge on any atom is 0.410 e. The highest BCUT2D eigenvalue weighted by molar-refractivity contribution is 5.81. The zero-order valence-corrected chi connectivity index (χ0v) is 18.5. The van der Waals surface area contributed by atoms with Crippen LogP contribution in [0.4, 0.5) is 4.79 Å². The molecule has 0 unspecified atom stereocenters. The number of benzene rings is 2. The molecule has 34 heavy (non-hydrogen) atoms. The Kier molecular flexibility index (Phi) is 6.04. The SMILES string of the molecule is O=C(O)[C@@H]1C[C@@H](OC2=C/C=C\C=C/C=C2)CN1C(=O)OCC1c2ccccc2-c2ccccc21. The van der Waals surface area contributed by atoms with Crippen molar-refractivity contribution in [2.45, 2.75) is 24.5 Å². The molecule has 3 aliphatic rings. The van der Waals surface area contributed by atoms with Gasteiger partial charge in [-0.25, -0.2) is 9.59 Å². The number of fused-ring (bicyclic) bond motifs is 3. The highest BCUT2D eigenvalue weighted by Crippen LogP contribution is 2.44. The van der Waals surface area contributed by atoms with Crippen molar-refractivity contribution in [1.29, 1.82) is 0 Å². The second-order valence-corrected chi connectivity index (χ2v) is 8.48. The van der Waals surface area contributed by atoms with Crippen molar-refractivity contribution < 1.29 is 24.2 Å². The van der Waals surface area contributed by atoms with E-state index < -0.39 is 24.2 Å². The molecule has 2 aromatic rings. The summed E-state index contributed by atoms with van der Waals surface area (Å²) in [4.78, 5) is 26.2. The van der Waals surface area contributed by atoms with E-state index >= 15 is 0 Å². The molecule has 6 heteroatoms. The van der Waals surface area contributed by atoms with E-state index in [9.17, 15) is 14.7 Å². The molecule has 0 spiro atoms. The summed E-state index contributed by atoms with van der Waals surface area (Å²) >= 11 is 0. The minimum absolute atomic E-state index is 0.0839. The van der Waals surface area contributed by atoms with Gasteiger partial charge in [0.2, 0.25) is 0 Å². The lowest BCUT2D eigenvalue weighted by Crippen LogP contribution is -2.41. The molecule has 0 aromatic heterocycles. The van der Waals surface area contributed by atoms with Gasteiger partial charge in [-0.1, -0.05) is 78.9 Å². The van der Waals surface area contributed by atoms with Gasteiger partial charge >= 0.3 is 12.1 Å². The Bertz CT molecular complexity index is 1180. The third-order valence-electron chi connectivity index (χ3n) is 6.39. The van der Waals surface area contributed by atoms with Gasteiger partial charge in [0.1, 0.15) is 24.5 Å². The molecule has 0 saturated carbocycles. The number of carboxylic acid groups (broad SMARTS) is 1. The van der Waals surface area contributed by atoms with Crippen molar-refractivity contribution in [1.82, 2.24) is 4.90 Å². The zero-order chi connectivity index (χ0) is 23.5. The highest BCUT2D eigenvalue weighted by atomic mass is 16.6. The quantitative estimate of drug-likeness (QED) is 0.683. The Balaban J connectivity index is 1.28. The lowest BCUT2D eigenvalue weighted by molar-refractivity contribution is -0.141. The fraction of sp³-hybridized carbons (Fsp3) is 0.214. The third kappa shape index (κ3) is 4.27. The van der Waals surface area contributed by atoms with Gasteiger partial charge < -0.3 is 14.6 Å². The fourth-order valence-corrected chi connectivity index (χ4v) is 4.82. The van der Waals surface area contributed by atoms with Crippen LogP contribution in [0.5, 0.6) is 0 Å². The second-order valence-electron chi connectivity index (χ2n) is 8.48. The number of amides is 1. The molecule has 0 radical (unpaired) electrons. The summed E-state index contributed by atoms with van der Waals surface area (Å²) in [5, 5.41) is 9.72. The van der Waals surface area contributed by atoms with E-state index in [1.54, 1.807) is 0 Å². The van der Waals surface area contributed by atoms with Crippen molar-refractivity contribution in [3.8, 4) is 11.1 Å². The van der Waals surface area contributed by atoms with Crippen LogP contribution in [-0.2, 0) is 14.3 Å². The summed E-state index contributed by atoms with van der Waals surface area (Å²) in [5.41, 5.74) is 4.50. The van der Waals surface area contributed by atoms with Crippen LogP contribution in [0.1, 0.15) is 23.5 Å². The normalized spacial score (nSPS) is 22.7. The lowest BCUT2D eigenvalue weighted by atomic mass is 9.98. The number of rotatable bonds is 5. The van der Waals surface area contributed by atoms with Crippen LogP contribution in [0.3, 0.4) is 0 Å². The van der Waals surface area contributed by atoms with Crippen LogP contribution in [0.2, 0.25) is 0 Å². The molecule has 2 aliphatic carbocycles. The van der Waals surface area contributed by atoms with Crippen molar-refractivity contribution in [3.05, 3.63) is 108 Å². The molecule has 2 atom stereocenters. The van der Waals surface area contributed by atoms with Gasteiger partial charge in [0.25, 0.3) is 0 Å². The summed E-state index contributed by atoms with van der Waals surface area (Å²) in [5.74, 6) is -0.534. The fourth-order valence-electron chi connectivity index (χ4n) is 4.82. The van der Waals surface area contributed by atoms with Crippen molar-refractivity contribution in [2.24, 2.45) is 0 Å². The van der Waals surface area contributed by atoms with Gasteiger partial charge in [-0.3, -0.25) is 4.90 Å². The van der Waals surface area contributed by atoms with Crippen molar-refractivity contribution >= 4 is 12.1 Å². The molecule has 2 aromatic carbocycles. The van der Waals surface area contributed by atoms with Gasteiger partial charge in [0.05, 0.1) is 6.54 Å². The third-order valence-corrected chi connectivity index (χ3v) is 6.39. The standard InChI is InChI=1S/C28H25NO5/c30-27(31)26-16-20(34-19-10-4-2-1-3-5-11-19)17-29(26)28(32)33-18-25-23-14-8-6-12-21(23)22-13-7-9-15-24(22)25/h1-15,20,25-26H,16-18H2,(H,30,31)/b2-1-,3-1?,4-2?,5-3-,10-4?,11-5?,19-10?,19-11?/t20-,26+/m1/s1. The molecule has 172 valence electrons. The van der Waals surface area contributed by atoms with Crippen LogP contribution >= 0.6 is 0 Å². The molecular weight excluding hydrogens is 430 g/mol. The van der Waals surface area contributed by atoms with Crippen LogP contribution in [0, 0.1) is 0 Å². The number of carbonyl (C=O) groups excluding carboxylic acids is 1. The first-order chi connectivity index (χ1) is 16.6. The van der Waals surface area contributed by atoms with Crippen molar-refractivity contribution in [2.75, 3.05) is 13.2 Å². The number of ether oxygens (including phenoxy) is 2. The molecule has 1 amide bonds. The van der Waals surface area contributed by atoms with Crippen molar-refractivity contribution in [3.63, 3.8) is 0 Å². The van der Waals surface area contributed by atoms with Gasteiger partial charge in [-0.05, 0) is 34.4 Å². The van der Waals surface area contributed by atoms with Crippen LogP contribution in [0.25, 0.3) is 11.1 Å². The average Bonchev–Trinajstić information content (AvgIpc) is 3.39. The van der Waals surface area contributed by atoms with E-state index in [0.717, 1.165) is 22.3 Å². The molecule has 0 bridgehead atoms. The zero-order valence-electron chi connectivity index (χ0n) is 18.5. The van der Waals surface area contributed by atoms with E-state index in [-0.39, 0.29) is 25.5 Å². The summed E-state index contributed by atoms with van der Waals surface area (Å²) in [6.07, 6.45) is 12.1. The van der Waals surface area contributed by atoms with Crippen LogP contribution in [-0.4, -0.2) is 47.4 Å². The first-order valence-corrected chi connectivity index (χ1v) is 11.3. The summed E-state index contributed by atoms with van der Waals surface area (Å²) < 4.78 is 11.7. The van der Waals surface area contributed by atoms with Crippen LogP contribution in [0.15, 0.2) is 96.8 Å². The predicted octanol–water partition coefficient (Wildman–Crippen LogP) is 5.05. The molecule has 1 heterocycles. The number of aliphatic carboxylic acids is 1. The second kappa shape index (κ2) is 9.43. The number of hydrogen-bond donors (Lipinski definition) is 1. The molecule has 1 fully saturated rings. The minimum Gasteiger partial charge on any atom is -0.488 e. The average molecular weight is 456 g/mol. The summed E-state index contributed by atoms with van der Waals surface area (Å²) in [6.45, 7) is 0.296. The largest absolute Gasteiger partial charge is 0.488 e. The lowest BCUT2D eigenvalue weighted by Gasteiger charge is -2.22. The first-order valence-electron chi connectivity index (χ1n) is 11.3. The number of likely N-dealkylation sites (tertiary alicyclic amines) is 1. The number of carboxylic acids is 1. The molecule has 1 saturated heterocycles. The summed E-state index contributed by atoms with van der Waals surface area (Å²) in [6, 6.07) is 15.2. The number of allylic oxidation sites excluding steroid dienone is 7. The monoisotopic (exact) mass is 455 g/mol. The number of carbonyl (C=O) groups is 2. The Morgan fingerprint density at radius 3 is 2.26 bits per heavy atom. The topological polar surface area (TPSA) is 76.1 Å². The van der Waals surface area contributed by atoms with E-state index in [4.69, 9.17) is 9.47 Å². The number of nitrogens with zero attached hydrogens (tertiary/aromatic N) is 1. The highest BCUT2D eigenvalue weighted by Gasteiger charge is 2.42. The van der Waals surface area contributed by atoms with E-state index in [0.29, 0.717) is 5.76 Å². The van der Waals surface area contributed by atoms with E-state index in [1.165, 1.54) is 4.90 Å². The molecular formula is C28H25NO5. The van der Waals surface area contributed by atoms with Gasteiger partial charge in [-0.15, -0.1) is 0 Å². The first kappa shape index (κ1) is 21.8. The van der Waals surface area contributed by atoms with Gasteiger partial charge in [0, 0.05) is 12.3 Å². The smallest absolute Gasteiger partial charge is 0.410 e. The van der Waals surface area contributed by atoms with E-state index in [2.05, 4.69) is 12.1 Å².